The van der Waals surface area contributed by atoms with E-state index in [9.17, 15) is 19.2 Å². The number of aromatic nitrogens is 4. The van der Waals surface area contributed by atoms with Crippen LogP contribution in [0.1, 0.15) is 40.0 Å². The first-order valence-electron chi connectivity index (χ1n) is 10.6. The van der Waals surface area contributed by atoms with Crippen LogP contribution >= 0.6 is 0 Å². The van der Waals surface area contributed by atoms with E-state index in [1.54, 1.807) is 34.9 Å². The molecule has 3 N–H and O–H groups in total. The van der Waals surface area contributed by atoms with E-state index in [2.05, 4.69) is 15.1 Å². The second-order valence-corrected chi connectivity index (χ2v) is 7.79. The van der Waals surface area contributed by atoms with Crippen molar-refractivity contribution in [1.82, 2.24) is 19.1 Å². The minimum absolute atomic E-state index is 0. The number of ketones is 2. The van der Waals surface area contributed by atoms with Crippen LogP contribution in [0.3, 0.4) is 0 Å². The van der Waals surface area contributed by atoms with Gasteiger partial charge in [-0.1, -0.05) is 17.3 Å². The van der Waals surface area contributed by atoms with Crippen LogP contribution in [0.4, 0.5) is 0 Å². The zero-order valence-electron chi connectivity index (χ0n) is 19.2. The van der Waals surface area contributed by atoms with E-state index in [-0.39, 0.29) is 64.6 Å². The fraction of sp³-hybridized carbons (Fsp3) is 0.227. The summed E-state index contributed by atoms with van der Waals surface area (Å²) in [6, 6.07) is 10.5. The zero-order chi connectivity index (χ0) is 25.1. The van der Waals surface area contributed by atoms with E-state index in [4.69, 9.17) is 15.3 Å². The molecule has 14 heteroatoms. The van der Waals surface area contributed by atoms with Crippen LogP contribution in [0.2, 0.25) is 0 Å². The Morgan fingerprint density at radius 2 is 1.36 bits per heavy atom. The number of hydrogen-bond acceptors (Lipinski definition) is 9. The molecule has 2 aliphatic rings. The third-order valence-corrected chi connectivity index (χ3v) is 5.87. The normalized spacial score (nSPS) is 15.2. The van der Waals surface area contributed by atoms with Gasteiger partial charge in [-0.15, -0.1) is 5.34 Å². The van der Waals surface area contributed by atoms with Gasteiger partial charge in [-0.3, -0.25) is 18.7 Å². The van der Waals surface area contributed by atoms with Crippen LogP contribution in [0.15, 0.2) is 56.5 Å². The van der Waals surface area contributed by atoms with Crippen LogP contribution in [0.5, 0.6) is 0 Å². The van der Waals surface area contributed by atoms with Gasteiger partial charge in [-0.05, 0) is 30.7 Å². The van der Waals surface area contributed by atoms with Crippen molar-refractivity contribution >= 4 is 39.3 Å². The number of carbonyl (C=O) groups is 2. The van der Waals surface area contributed by atoms with Gasteiger partial charge >= 0.3 is 40.9 Å². The van der Waals surface area contributed by atoms with Gasteiger partial charge in [0.05, 0.1) is 22.1 Å². The van der Waals surface area contributed by atoms with Crippen molar-refractivity contribution in [2.45, 2.75) is 32.4 Å². The SMILES string of the molecule is O=C1/C(=N\O)CCn2c(=O)[nH]c3cccc1c32.O=C1CCCn2c(=O)[nH]c3cccc1c32.O=N[O-].[Na+]. The molecule has 4 heterocycles. The second kappa shape index (κ2) is 11.3. The van der Waals surface area contributed by atoms with Gasteiger partial charge in [0.25, 0.3) is 0 Å². The van der Waals surface area contributed by atoms with Gasteiger partial charge in [0.1, 0.15) is 5.71 Å². The minimum atomic E-state index is -0.330. The molecule has 0 fully saturated rings. The topological polar surface area (TPSA) is 195 Å². The number of aryl methyl sites for hydroxylation is 2. The van der Waals surface area contributed by atoms with Crippen molar-refractivity contribution in [3.8, 4) is 0 Å². The third kappa shape index (κ3) is 4.80. The number of oxime groups is 1. The van der Waals surface area contributed by atoms with Crippen molar-refractivity contribution in [2.75, 3.05) is 0 Å². The summed E-state index contributed by atoms with van der Waals surface area (Å²) in [5, 5.41) is 20.8. The molecule has 180 valence electrons. The van der Waals surface area contributed by atoms with Crippen molar-refractivity contribution in [3.63, 3.8) is 0 Å². The molecule has 0 aliphatic carbocycles. The van der Waals surface area contributed by atoms with Crippen molar-refractivity contribution < 1.29 is 44.4 Å². The Kier molecular flexibility index (Phi) is 8.40. The molecule has 0 saturated carbocycles. The number of benzene rings is 2. The first kappa shape index (κ1) is 26.8. The van der Waals surface area contributed by atoms with Gasteiger partial charge in [0.15, 0.2) is 5.78 Å². The Labute approximate surface area is 223 Å². The van der Waals surface area contributed by atoms with E-state index in [1.807, 2.05) is 6.07 Å². The second-order valence-electron chi connectivity index (χ2n) is 7.79. The Morgan fingerprint density at radius 3 is 1.94 bits per heavy atom. The largest absolute Gasteiger partial charge is 1.00 e. The Bertz CT molecular complexity index is 1610. The molecule has 0 atom stereocenters. The zero-order valence-corrected chi connectivity index (χ0v) is 21.2. The molecule has 2 aliphatic heterocycles. The number of aromatic amines is 2. The summed E-state index contributed by atoms with van der Waals surface area (Å²) in [7, 11) is 0. The van der Waals surface area contributed by atoms with Crippen molar-refractivity contribution in [2.24, 2.45) is 10.5 Å². The monoisotopic (exact) mass is 502 g/mol. The number of hydrogen-bond donors (Lipinski definition) is 3. The van der Waals surface area contributed by atoms with Crippen LogP contribution < -0.4 is 40.9 Å². The number of rotatable bonds is 0. The van der Waals surface area contributed by atoms with E-state index in [0.29, 0.717) is 41.7 Å². The smallest absolute Gasteiger partial charge is 0.444 e. The summed E-state index contributed by atoms with van der Waals surface area (Å²) in [5.41, 5.74) is 3.51. The van der Waals surface area contributed by atoms with Crippen LogP contribution in [0.25, 0.3) is 22.1 Å². The molecule has 0 saturated heterocycles. The summed E-state index contributed by atoms with van der Waals surface area (Å²) >= 11 is 0. The Balaban J connectivity index is 0.000000178. The van der Waals surface area contributed by atoms with Crippen LogP contribution in [0, 0.1) is 10.1 Å². The molecular weight excluding hydrogens is 483 g/mol. The molecule has 0 radical (unpaired) electrons. The van der Waals surface area contributed by atoms with Gasteiger partial charge in [0, 0.05) is 37.1 Å². The molecule has 2 aromatic heterocycles. The van der Waals surface area contributed by atoms with E-state index >= 15 is 0 Å². The predicted octanol–water partition coefficient (Wildman–Crippen LogP) is -0.693. The molecule has 0 spiro atoms. The van der Waals surface area contributed by atoms with Crippen LogP contribution in [-0.2, 0) is 13.1 Å². The molecule has 0 amide bonds. The molecule has 6 rings (SSSR count). The van der Waals surface area contributed by atoms with Gasteiger partial charge in [-0.25, -0.2) is 9.59 Å². The van der Waals surface area contributed by atoms with Crippen molar-refractivity contribution in [3.05, 3.63) is 78.6 Å². The fourth-order valence-corrected chi connectivity index (χ4v) is 4.39. The average Bonchev–Trinajstić information content (AvgIpc) is 3.21. The fourth-order valence-electron chi connectivity index (χ4n) is 4.39. The van der Waals surface area contributed by atoms with Gasteiger partial charge in [-0.2, -0.15) is 0 Å². The maximum Gasteiger partial charge on any atom is 1.00 e. The first-order chi connectivity index (χ1) is 16.9. The molecule has 13 nitrogen and oxygen atoms in total. The number of para-hydroxylation sites is 2. The molecule has 0 unspecified atom stereocenters. The third-order valence-electron chi connectivity index (χ3n) is 5.87. The number of Topliss-reactive ketones (excluding diaryl/α,β-unsaturated/α-hetero) is 2. The first-order valence-corrected chi connectivity index (χ1v) is 10.6. The molecule has 36 heavy (non-hydrogen) atoms. The van der Waals surface area contributed by atoms with Crippen molar-refractivity contribution in [1.29, 1.82) is 0 Å². The molecule has 0 bridgehead atoms. The van der Waals surface area contributed by atoms with Gasteiger partial charge < -0.3 is 25.3 Å². The predicted molar refractivity (Wildman–Crippen MR) is 126 cm³/mol. The standard InChI is InChI=1S/C11H9N3O3.C11H10N2O2.HNO2.Na/c15-10-6-2-1-3-7-9(6)14(11(16)12-7)5-4-8(10)13-17;14-9-5-2-6-13-10-7(9)3-1-4-8(10)12-11(13)15;2-1-3;/h1-3,17H,4-5H2,(H,12,16);1,3-4H,2,5-6H2,(H,12,15);(H,2,3);/q;;;+1/p-1/b13-8-;;;. The number of carbonyl (C=O) groups excluding carboxylic acids is 2. The Hall–Kier alpha value is -3.81. The number of nitrogens with one attached hydrogen (secondary N) is 2. The van der Waals surface area contributed by atoms with Crippen LogP contribution in [-0.4, -0.2) is 41.6 Å². The summed E-state index contributed by atoms with van der Waals surface area (Å²) < 4.78 is 3.16. The summed E-state index contributed by atoms with van der Waals surface area (Å²) in [6.45, 7) is 0.961. The maximum absolute atomic E-state index is 12.0. The van der Waals surface area contributed by atoms with E-state index < -0.39 is 0 Å². The summed E-state index contributed by atoms with van der Waals surface area (Å²) in [5.74, 6) is -0.200. The number of H-pyrrole nitrogens is 2. The van der Waals surface area contributed by atoms with E-state index in [1.165, 1.54) is 4.57 Å². The quantitative estimate of drug-likeness (QED) is 0.122. The number of imidazole rings is 2. The summed E-state index contributed by atoms with van der Waals surface area (Å²) in [4.78, 5) is 60.6. The number of nitrogens with zero attached hydrogens (tertiary/aromatic N) is 4. The molecular formula is C22H19N6NaO7. The maximum atomic E-state index is 12.0. The Morgan fingerprint density at radius 1 is 0.833 bits per heavy atom. The molecule has 2 aromatic carbocycles. The average molecular weight is 502 g/mol. The van der Waals surface area contributed by atoms with Gasteiger partial charge in [0.2, 0.25) is 5.78 Å². The molecule has 4 aromatic rings. The summed E-state index contributed by atoms with van der Waals surface area (Å²) in [6.07, 6.45) is 1.51. The van der Waals surface area contributed by atoms with E-state index in [0.717, 1.165) is 22.8 Å². The minimum Gasteiger partial charge on any atom is -0.444 e.